The van der Waals surface area contributed by atoms with Gasteiger partial charge in [0.1, 0.15) is 17.1 Å². The lowest BCUT2D eigenvalue weighted by Gasteiger charge is -2.27. The third kappa shape index (κ3) is 5.79. The maximum atomic E-state index is 13.3. The van der Waals surface area contributed by atoms with E-state index in [2.05, 4.69) is 10.6 Å². The SMILES string of the molecule is Cc1c(Cl)cccc1N1C(=O)NC(=O)/C(=C/c2cc(Cl)ccc2OCC(=O)Nc2ccc(F)cc2)C1=O. The molecule has 1 aliphatic rings. The number of urea groups is 1. The van der Waals surface area contributed by atoms with Crippen molar-refractivity contribution < 1.29 is 28.3 Å². The molecule has 188 valence electrons. The van der Waals surface area contributed by atoms with Gasteiger partial charge in [0.2, 0.25) is 0 Å². The van der Waals surface area contributed by atoms with E-state index in [9.17, 15) is 23.6 Å². The summed E-state index contributed by atoms with van der Waals surface area (Å²) in [6.45, 7) is 1.21. The average molecular weight is 542 g/mol. The third-order valence-electron chi connectivity index (χ3n) is 5.34. The second-order valence-electron chi connectivity index (χ2n) is 7.87. The minimum atomic E-state index is -0.919. The first kappa shape index (κ1) is 25.9. The Balaban J connectivity index is 1.60. The Morgan fingerprint density at radius 1 is 1.08 bits per heavy atom. The molecule has 0 aromatic heterocycles. The van der Waals surface area contributed by atoms with E-state index in [1.165, 1.54) is 54.6 Å². The molecule has 0 atom stereocenters. The molecule has 8 nitrogen and oxygen atoms in total. The van der Waals surface area contributed by atoms with Gasteiger partial charge in [-0.05, 0) is 73.2 Å². The first-order valence-corrected chi connectivity index (χ1v) is 11.5. The fraction of sp³-hybridized carbons (Fsp3) is 0.0769. The molecule has 37 heavy (non-hydrogen) atoms. The second kappa shape index (κ2) is 10.8. The predicted octanol–water partition coefficient (Wildman–Crippen LogP) is 5.12. The zero-order chi connectivity index (χ0) is 26.7. The van der Waals surface area contributed by atoms with E-state index in [1.807, 2.05) is 0 Å². The normalized spacial score (nSPS) is 14.5. The van der Waals surface area contributed by atoms with Crippen LogP contribution in [0.4, 0.5) is 20.6 Å². The van der Waals surface area contributed by atoms with Crippen LogP contribution in [0.15, 0.2) is 66.2 Å². The van der Waals surface area contributed by atoms with Crippen LogP contribution in [0.5, 0.6) is 5.75 Å². The Morgan fingerprint density at radius 2 is 1.81 bits per heavy atom. The molecule has 1 heterocycles. The molecular weight excluding hydrogens is 524 g/mol. The van der Waals surface area contributed by atoms with Crippen LogP contribution in [0.2, 0.25) is 10.0 Å². The van der Waals surface area contributed by atoms with Gasteiger partial charge in [-0.25, -0.2) is 14.1 Å². The lowest BCUT2D eigenvalue weighted by Crippen LogP contribution is -2.54. The molecule has 0 spiro atoms. The van der Waals surface area contributed by atoms with Crippen LogP contribution in [0.3, 0.4) is 0 Å². The smallest absolute Gasteiger partial charge is 0.335 e. The van der Waals surface area contributed by atoms with Crippen molar-refractivity contribution in [3.05, 3.63) is 93.2 Å². The Hall–Kier alpha value is -4.21. The number of nitrogens with one attached hydrogen (secondary N) is 2. The van der Waals surface area contributed by atoms with E-state index in [0.717, 1.165) is 4.90 Å². The van der Waals surface area contributed by atoms with E-state index in [4.69, 9.17) is 27.9 Å². The molecular formula is C26H18Cl2FN3O5. The van der Waals surface area contributed by atoms with Crippen LogP contribution in [0, 0.1) is 12.7 Å². The van der Waals surface area contributed by atoms with Crippen LogP contribution in [0.25, 0.3) is 6.08 Å². The second-order valence-corrected chi connectivity index (χ2v) is 8.71. The Bertz CT molecular complexity index is 1460. The van der Waals surface area contributed by atoms with Gasteiger partial charge in [-0.1, -0.05) is 29.3 Å². The average Bonchev–Trinajstić information content (AvgIpc) is 2.85. The molecule has 11 heteroatoms. The third-order valence-corrected chi connectivity index (χ3v) is 5.98. The van der Waals surface area contributed by atoms with Crippen molar-refractivity contribution >= 4 is 64.4 Å². The first-order valence-electron chi connectivity index (χ1n) is 10.8. The molecule has 0 radical (unpaired) electrons. The van der Waals surface area contributed by atoms with Gasteiger partial charge in [0.05, 0.1) is 5.69 Å². The molecule has 4 rings (SSSR count). The maximum absolute atomic E-state index is 13.3. The Labute approximate surface area is 220 Å². The fourth-order valence-electron chi connectivity index (χ4n) is 3.51. The van der Waals surface area contributed by atoms with Crippen LogP contribution in [-0.4, -0.2) is 30.4 Å². The zero-order valence-electron chi connectivity index (χ0n) is 19.2. The molecule has 3 aromatic rings. The molecule has 3 aromatic carbocycles. The number of carbonyl (C=O) groups is 4. The van der Waals surface area contributed by atoms with E-state index < -0.39 is 36.2 Å². The summed E-state index contributed by atoms with van der Waals surface area (Å²) in [6, 6.07) is 13.4. The van der Waals surface area contributed by atoms with Crippen LogP contribution in [-0.2, 0) is 14.4 Å². The van der Waals surface area contributed by atoms with Gasteiger partial charge in [0.15, 0.2) is 6.61 Å². The van der Waals surface area contributed by atoms with E-state index in [-0.39, 0.29) is 27.6 Å². The van der Waals surface area contributed by atoms with E-state index >= 15 is 0 Å². The number of anilines is 2. The number of rotatable bonds is 6. The molecule has 1 aliphatic heterocycles. The number of benzene rings is 3. The summed E-state index contributed by atoms with van der Waals surface area (Å²) in [5.74, 6) is -2.61. The first-order chi connectivity index (χ1) is 17.6. The van der Waals surface area contributed by atoms with Gasteiger partial charge in [0.25, 0.3) is 17.7 Å². The van der Waals surface area contributed by atoms with Crippen LogP contribution < -0.4 is 20.3 Å². The fourth-order valence-corrected chi connectivity index (χ4v) is 3.86. The van der Waals surface area contributed by atoms with Gasteiger partial charge in [-0.3, -0.25) is 19.7 Å². The Morgan fingerprint density at radius 3 is 2.54 bits per heavy atom. The van der Waals surface area contributed by atoms with E-state index in [1.54, 1.807) is 19.1 Å². The molecule has 0 aliphatic carbocycles. The summed E-state index contributed by atoms with van der Waals surface area (Å²) in [5, 5.41) is 5.31. The summed E-state index contributed by atoms with van der Waals surface area (Å²) in [4.78, 5) is 51.5. The Kier molecular flexibility index (Phi) is 7.56. The highest BCUT2D eigenvalue weighted by atomic mass is 35.5. The minimum absolute atomic E-state index is 0.147. The highest BCUT2D eigenvalue weighted by Gasteiger charge is 2.37. The number of nitrogens with zero attached hydrogens (tertiary/aromatic N) is 1. The molecule has 2 N–H and O–H groups in total. The summed E-state index contributed by atoms with van der Waals surface area (Å²) < 4.78 is 18.7. The number of carbonyl (C=O) groups excluding carboxylic acids is 4. The van der Waals surface area contributed by atoms with Gasteiger partial charge < -0.3 is 10.1 Å². The quantitative estimate of drug-likeness (QED) is 0.332. The highest BCUT2D eigenvalue weighted by Crippen LogP contribution is 2.31. The highest BCUT2D eigenvalue weighted by molar-refractivity contribution is 6.40. The molecule has 1 saturated heterocycles. The molecule has 0 bridgehead atoms. The summed E-state index contributed by atoms with van der Waals surface area (Å²) in [6.07, 6.45) is 1.22. The van der Waals surface area contributed by atoms with Gasteiger partial charge in [-0.2, -0.15) is 0 Å². The molecule has 0 unspecified atom stereocenters. The van der Waals surface area contributed by atoms with Crippen molar-refractivity contribution in [3.63, 3.8) is 0 Å². The van der Waals surface area contributed by atoms with Gasteiger partial charge in [-0.15, -0.1) is 0 Å². The topological polar surface area (TPSA) is 105 Å². The van der Waals surface area contributed by atoms with Gasteiger partial charge >= 0.3 is 6.03 Å². The number of imide groups is 2. The van der Waals surface area contributed by atoms with E-state index in [0.29, 0.717) is 16.3 Å². The number of hydrogen-bond acceptors (Lipinski definition) is 5. The summed E-state index contributed by atoms with van der Waals surface area (Å²) >= 11 is 12.3. The van der Waals surface area contributed by atoms with Crippen molar-refractivity contribution in [2.75, 3.05) is 16.8 Å². The lowest BCUT2D eigenvalue weighted by atomic mass is 10.0. The van der Waals surface area contributed by atoms with Crippen LogP contribution in [0.1, 0.15) is 11.1 Å². The van der Waals surface area contributed by atoms with Crippen LogP contribution >= 0.6 is 23.2 Å². The van der Waals surface area contributed by atoms with Crippen molar-refractivity contribution in [1.29, 1.82) is 0 Å². The van der Waals surface area contributed by atoms with Gasteiger partial charge in [0, 0.05) is 21.3 Å². The largest absolute Gasteiger partial charge is 0.483 e. The monoisotopic (exact) mass is 541 g/mol. The lowest BCUT2D eigenvalue weighted by molar-refractivity contribution is -0.122. The van der Waals surface area contributed by atoms with Crippen molar-refractivity contribution in [3.8, 4) is 5.75 Å². The number of ether oxygens (including phenoxy) is 1. The van der Waals surface area contributed by atoms with Crippen molar-refractivity contribution in [2.24, 2.45) is 0 Å². The number of amides is 5. The molecule has 5 amide bonds. The summed E-state index contributed by atoms with van der Waals surface area (Å²) in [7, 11) is 0. The minimum Gasteiger partial charge on any atom is -0.483 e. The zero-order valence-corrected chi connectivity index (χ0v) is 20.7. The number of halogens is 3. The predicted molar refractivity (Wildman–Crippen MR) is 137 cm³/mol. The number of barbiturate groups is 1. The number of hydrogen-bond donors (Lipinski definition) is 2. The van der Waals surface area contributed by atoms with Crippen molar-refractivity contribution in [2.45, 2.75) is 6.92 Å². The standard InChI is InChI=1S/C26H18Cl2FN3O5/c1-14-20(28)3-2-4-21(14)32-25(35)19(24(34)31-26(32)36)12-15-11-16(27)5-10-22(15)37-13-23(33)30-18-8-6-17(29)7-9-18/h2-12H,13H2,1H3,(H,30,33)(H,31,34,36)/b19-12-. The maximum Gasteiger partial charge on any atom is 0.335 e. The molecule has 1 fully saturated rings. The summed E-state index contributed by atoms with van der Waals surface area (Å²) in [5.41, 5.74) is 0.923. The van der Waals surface area contributed by atoms with Crippen molar-refractivity contribution in [1.82, 2.24) is 5.32 Å². The molecule has 0 saturated carbocycles.